The monoisotopic (exact) mass is 730 g/mol. The second kappa shape index (κ2) is 23.4. The van der Waals surface area contributed by atoms with Crippen LogP contribution in [0.2, 0.25) is 0 Å². The number of urea groups is 4. The summed E-state index contributed by atoms with van der Waals surface area (Å²) in [4.78, 5) is 54.7. The number of carbonyl (C=O) groups is 4. The zero-order valence-corrected chi connectivity index (χ0v) is 29.9. The van der Waals surface area contributed by atoms with Gasteiger partial charge in [0.05, 0.1) is 12.1 Å². The standard InChI is InChI=1S/C37H54N12O4/c38-22-30(19-26-11-4-1-5-12-26)48-36(52)45-25-32(21-28-15-8-3-9-16-28)49-37(53)43-23-29(17-10-18-42-33(39)40)47-35(51)44-24-31(46-34(41)50)20-27-13-6-2-7-14-27/h1-9,11-16,29-32H,10,17-25,38H2,(H4,39,40,42)(H3,41,46,50)(H2,43,49,53)(H2,44,47,51)(H2,45,48,52)/t29-,30?,31-,32-/m0/s1. The van der Waals surface area contributed by atoms with E-state index in [4.69, 9.17) is 22.9 Å². The summed E-state index contributed by atoms with van der Waals surface area (Å²) in [7, 11) is 0. The minimum absolute atomic E-state index is 0.0438. The molecule has 0 spiro atoms. The highest BCUT2D eigenvalue weighted by Gasteiger charge is 2.19. The lowest BCUT2D eigenvalue weighted by molar-refractivity contribution is 0.226. The number of benzene rings is 3. The van der Waals surface area contributed by atoms with Crippen molar-refractivity contribution < 1.29 is 19.2 Å². The summed E-state index contributed by atoms with van der Waals surface area (Å²) >= 11 is 0. The third-order valence-corrected chi connectivity index (χ3v) is 8.14. The number of hydrogen-bond acceptors (Lipinski definition) is 6. The molecule has 1 unspecified atom stereocenters. The average molecular weight is 731 g/mol. The lowest BCUT2D eigenvalue weighted by Crippen LogP contribution is -2.54. The molecule has 0 heterocycles. The van der Waals surface area contributed by atoms with Gasteiger partial charge in [-0.3, -0.25) is 4.99 Å². The van der Waals surface area contributed by atoms with Crippen molar-refractivity contribution >= 4 is 30.1 Å². The molecule has 3 aromatic rings. The van der Waals surface area contributed by atoms with Crippen molar-refractivity contribution in [2.45, 2.75) is 56.3 Å². The van der Waals surface area contributed by atoms with E-state index < -0.39 is 42.2 Å². The van der Waals surface area contributed by atoms with Crippen LogP contribution in [-0.4, -0.2) is 87.0 Å². The molecular formula is C37H54N12O4. The maximum Gasteiger partial charge on any atom is 0.315 e. The molecule has 15 N–H and O–H groups in total. The zero-order chi connectivity index (χ0) is 38.3. The van der Waals surface area contributed by atoms with Gasteiger partial charge in [-0.2, -0.15) is 0 Å². The minimum Gasteiger partial charge on any atom is -0.370 e. The second-order valence-corrected chi connectivity index (χ2v) is 12.6. The summed E-state index contributed by atoms with van der Waals surface area (Å²) in [5.41, 5.74) is 25.2. The molecule has 0 bridgehead atoms. The second-order valence-electron chi connectivity index (χ2n) is 12.6. The van der Waals surface area contributed by atoms with Crippen LogP contribution in [0.1, 0.15) is 29.5 Å². The number of rotatable bonds is 21. The summed E-state index contributed by atoms with van der Waals surface area (Å²) in [6.07, 6.45) is 2.45. The number of guanidine groups is 1. The van der Waals surface area contributed by atoms with Crippen LogP contribution in [-0.2, 0) is 19.3 Å². The van der Waals surface area contributed by atoms with Gasteiger partial charge in [0, 0.05) is 44.8 Å². The fourth-order valence-corrected chi connectivity index (χ4v) is 5.57. The van der Waals surface area contributed by atoms with E-state index in [2.05, 4.69) is 42.2 Å². The Bertz CT molecular complexity index is 1560. The van der Waals surface area contributed by atoms with E-state index in [1.54, 1.807) is 0 Å². The minimum atomic E-state index is -0.704. The van der Waals surface area contributed by atoms with Crippen molar-refractivity contribution in [1.82, 2.24) is 37.2 Å². The van der Waals surface area contributed by atoms with Crippen LogP contribution in [0.5, 0.6) is 0 Å². The van der Waals surface area contributed by atoms with Gasteiger partial charge in [-0.25, -0.2) is 19.2 Å². The van der Waals surface area contributed by atoms with Gasteiger partial charge in [0.25, 0.3) is 0 Å². The summed E-state index contributed by atoms with van der Waals surface area (Å²) in [5, 5.41) is 19.9. The van der Waals surface area contributed by atoms with E-state index in [9.17, 15) is 19.2 Å². The van der Waals surface area contributed by atoms with Crippen molar-refractivity contribution in [3.05, 3.63) is 108 Å². The van der Waals surface area contributed by atoms with Gasteiger partial charge in [0.15, 0.2) is 5.96 Å². The first-order valence-corrected chi connectivity index (χ1v) is 17.7. The maximum absolute atomic E-state index is 13.2. The molecule has 0 saturated carbocycles. The van der Waals surface area contributed by atoms with Crippen molar-refractivity contribution in [3.63, 3.8) is 0 Å². The molecule has 0 aromatic heterocycles. The lowest BCUT2D eigenvalue weighted by atomic mass is 10.1. The summed E-state index contributed by atoms with van der Waals surface area (Å²) < 4.78 is 0. The molecule has 0 aliphatic heterocycles. The average Bonchev–Trinajstić information content (AvgIpc) is 3.14. The Balaban J connectivity index is 1.58. The molecule has 16 heteroatoms. The largest absolute Gasteiger partial charge is 0.370 e. The smallest absolute Gasteiger partial charge is 0.315 e. The van der Waals surface area contributed by atoms with E-state index in [-0.39, 0.29) is 38.2 Å². The summed E-state index contributed by atoms with van der Waals surface area (Å²) in [6, 6.07) is 25.0. The van der Waals surface area contributed by atoms with E-state index >= 15 is 0 Å². The molecule has 3 aromatic carbocycles. The van der Waals surface area contributed by atoms with Gasteiger partial charge in [0.2, 0.25) is 0 Å². The Kier molecular flexibility index (Phi) is 18.3. The van der Waals surface area contributed by atoms with E-state index in [0.717, 1.165) is 16.7 Å². The third kappa shape index (κ3) is 18.2. The van der Waals surface area contributed by atoms with Gasteiger partial charge >= 0.3 is 24.1 Å². The normalized spacial score (nSPS) is 12.8. The quantitative estimate of drug-likeness (QED) is 0.0425. The fourth-order valence-electron chi connectivity index (χ4n) is 5.57. The predicted molar refractivity (Wildman–Crippen MR) is 207 cm³/mol. The Hall–Kier alpha value is -6.03. The van der Waals surface area contributed by atoms with Crippen molar-refractivity contribution in [2.24, 2.45) is 27.9 Å². The van der Waals surface area contributed by atoms with Gasteiger partial charge in [-0.1, -0.05) is 91.0 Å². The Morgan fingerprint density at radius 2 is 0.906 bits per heavy atom. The van der Waals surface area contributed by atoms with Crippen LogP contribution < -0.4 is 60.2 Å². The van der Waals surface area contributed by atoms with Gasteiger partial charge in [-0.15, -0.1) is 0 Å². The number of hydrogen-bond donors (Lipinski definition) is 11. The Labute approximate surface area is 310 Å². The number of primary amides is 1. The first-order chi connectivity index (χ1) is 25.6. The van der Waals surface area contributed by atoms with Gasteiger partial charge < -0.3 is 60.2 Å². The highest BCUT2D eigenvalue weighted by Crippen LogP contribution is 2.06. The lowest BCUT2D eigenvalue weighted by Gasteiger charge is -2.24. The molecule has 8 amide bonds. The van der Waals surface area contributed by atoms with Crippen LogP contribution in [0.4, 0.5) is 19.2 Å². The van der Waals surface area contributed by atoms with Gasteiger partial charge in [0.1, 0.15) is 0 Å². The number of aliphatic imine (C=N–C) groups is 1. The summed E-state index contributed by atoms with van der Waals surface area (Å²) in [5.74, 6) is -0.0438. The number of nitrogens with one attached hydrogen (secondary N) is 7. The van der Waals surface area contributed by atoms with Crippen molar-refractivity contribution in [3.8, 4) is 0 Å². The molecule has 0 saturated heterocycles. The molecule has 0 radical (unpaired) electrons. The highest BCUT2D eigenvalue weighted by atomic mass is 16.2. The first-order valence-electron chi connectivity index (χ1n) is 17.7. The molecule has 0 aliphatic rings. The topological polar surface area (TPSA) is 269 Å². The molecule has 53 heavy (non-hydrogen) atoms. The van der Waals surface area contributed by atoms with Gasteiger partial charge in [-0.05, 0) is 48.8 Å². The van der Waals surface area contributed by atoms with Crippen LogP contribution in [0, 0.1) is 0 Å². The highest BCUT2D eigenvalue weighted by molar-refractivity contribution is 5.77. The van der Waals surface area contributed by atoms with Crippen LogP contribution >= 0.6 is 0 Å². The Morgan fingerprint density at radius 1 is 0.528 bits per heavy atom. The summed E-state index contributed by atoms with van der Waals surface area (Å²) in [6.45, 7) is 0.923. The number of carbonyl (C=O) groups excluding carboxylic acids is 4. The predicted octanol–water partition coefficient (Wildman–Crippen LogP) is 0.767. The van der Waals surface area contributed by atoms with Crippen molar-refractivity contribution in [1.29, 1.82) is 0 Å². The van der Waals surface area contributed by atoms with Crippen LogP contribution in [0.15, 0.2) is 96.0 Å². The van der Waals surface area contributed by atoms with E-state index in [1.807, 2.05) is 91.0 Å². The first kappa shape index (κ1) is 41.4. The number of nitrogens with two attached hydrogens (primary N) is 4. The molecule has 0 aliphatic carbocycles. The molecule has 16 nitrogen and oxygen atoms in total. The molecular weight excluding hydrogens is 676 g/mol. The SMILES string of the molecule is NCC(Cc1ccccc1)NC(=O)NC[C@H](Cc1ccccc1)NC(=O)NC[C@H](CCCN=C(N)N)NC(=O)NC[C@H](Cc1ccccc1)NC(N)=O. The fraction of sp³-hybridized carbons (Fsp3) is 0.378. The molecule has 4 atom stereocenters. The number of amides is 8. The number of nitrogens with zero attached hydrogens (tertiary/aromatic N) is 1. The maximum atomic E-state index is 13.2. The van der Waals surface area contributed by atoms with Crippen molar-refractivity contribution in [2.75, 3.05) is 32.7 Å². The molecule has 0 fully saturated rings. The molecule has 3 rings (SSSR count). The van der Waals surface area contributed by atoms with Crippen LogP contribution in [0.3, 0.4) is 0 Å². The Morgan fingerprint density at radius 3 is 1.32 bits per heavy atom. The van der Waals surface area contributed by atoms with Crippen LogP contribution in [0.25, 0.3) is 0 Å². The third-order valence-electron chi connectivity index (χ3n) is 8.14. The van der Waals surface area contributed by atoms with E-state index in [1.165, 1.54) is 0 Å². The molecule has 286 valence electrons. The van der Waals surface area contributed by atoms with E-state index in [0.29, 0.717) is 38.6 Å². The zero-order valence-electron chi connectivity index (χ0n) is 29.9.